The molecule has 1 aromatic carbocycles. The molecule has 4 amide bonds. The van der Waals surface area contributed by atoms with Crippen LogP contribution in [-0.2, 0) is 19.0 Å². The van der Waals surface area contributed by atoms with Crippen molar-refractivity contribution < 1.29 is 47.5 Å². The number of ether oxygens (including phenoxy) is 1. The molecule has 0 spiro atoms. The zero-order chi connectivity index (χ0) is 32.9. The molecule has 0 aliphatic carbocycles. The number of nitrogens with one attached hydrogen (secondary N) is 3. The number of amides is 4. The Morgan fingerprint density at radius 1 is 1.07 bits per heavy atom. The van der Waals surface area contributed by atoms with E-state index in [9.17, 15) is 33.5 Å². The fraction of sp³-hybridized carbons (Fsp3) is 0.517. The molecule has 0 aliphatic heterocycles. The number of carbonyl (C=O) groups excluding carboxylic acids is 4. The maximum Gasteiger partial charge on any atom is 0.431 e. The molecule has 0 bridgehead atoms. The third-order valence-electron chi connectivity index (χ3n) is 6.53. The SMILES string of the molecule is CCCCC[C@@H](C(=O)NCNC(=O)c1ccc(-c2cc(OCC)cc(P(=O)(O)O)c2)o1)[C@@H](CC)N(C=O)OC(=O)NC(C)C. The van der Waals surface area contributed by atoms with Crippen molar-refractivity contribution in [1.82, 2.24) is 21.0 Å². The van der Waals surface area contributed by atoms with Crippen LogP contribution >= 0.6 is 7.60 Å². The van der Waals surface area contributed by atoms with Gasteiger partial charge in [0.25, 0.3) is 5.91 Å². The molecule has 0 saturated carbocycles. The largest absolute Gasteiger partial charge is 0.494 e. The van der Waals surface area contributed by atoms with E-state index in [1.807, 2.05) is 6.92 Å². The van der Waals surface area contributed by atoms with E-state index < -0.39 is 37.5 Å². The molecular weight excluding hydrogens is 595 g/mol. The zero-order valence-electron chi connectivity index (χ0n) is 25.7. The van der Waals surface area contributed by atoms with E-state index in [4.69, 9.17) is 14.0 Å². The van der Waals surface area contributed by atoms with Gasteiger partial charge in [-0.2, -0.15) is 5.06 Å². The summed E-state index contributed by atoms with van der Waals surface area (Å²) >= 11 is 0. The lowest BCUT2D eigenvalue weighted by Crippen LogP contribution is -2.50. The van der Waals surface area contributed by atoms with Crippen LogP contribution in [0, 0.1) is 5.92 Å². The van der Waals surface area contributed by atoms with Gasteiger partial charge in [-0.25, -0.2) is 4.79 Å². The summed E-state index contributed by atoms with van der Waals surface area (Å²) in [6.07, 6.45) is 2.77. The van der Waals surface area contributed by atoms with Gasteiger partial charge in [-0.3, -0.25) is 18.9 Å². The molecule has 244 valence electrons. The Bertz CT molecular complexity index is 1310. The van der Waals surface area contributed by atoms with Crippen LogP contribution in [0.15, 0.2) is 34.7 Å². The minimum Gasteiger partial charge on any atom is -0.494 e. The first kappa shape index (κ1) is 36.3. The molecule has 2 aromatic rings. The fourth-order valence-electron chi connectivity index (χ4n) is 4.47. The Labute approximate surface area is 257 Å². The molecular formula is C29H43N4O10P. The summed E-state index contributed by atoms with van der Waals surface area (Å²) in [5.74, 6) is -1.51. The van der Waals surface area contributed by atoms with E-state index in [0.717, 1.165) is 17.9 Å². The average Bonchev–Trinajstić information content (AvgIpc) is 3.46. The Morgan fingerprint density at radius 3 is 2.39 bits per heavy atom. The topological polar surface area (TPSA) is 197 Å². The summed E-state index contributed by atoms with van der Waals surface area (Å²) < 4.78 is 22.9. The van der Waals surface area contributed by atoms with Crippen molar-refractivity contribution >= 4 is 37.2 Å². The van der Waals surface area contributed by atoms with Crippen LogP contribution in [0.4, 0.5) is 4.79 Å². The Balaban J connectivity index is 2.12. The standard InChI is InChI=1S/C29H43N4O10P/c1-6-9-10-11-23(24(7-2)33(18-34)43-29(37)32-19(4)5)27(35)30-17-31-28(36)26-13-12-25(42-26)20-14-21(41-8-3)16-22(15-20)44(38,39)40/h12-16,18-19,23-24H,6-11,17H2,1-5H3,(H,30,35)(H,31,36)(H,32,37)(H2,38,39,40)/t23-,24-/m1/s1. The number of benzene rings is 1. The van der Waals surface area contributed by atoms with Gasteiger partial charge in [0.05, 0.1) is 30.5 Å². The quantitative estimate of drug-likeness (QED) is 0.0530. The van der Waals surface area contributed by atoms with Crippen LogP contribution in [0.1, 0.15) is 77.3 Å². The van der Waals surface area contributed by atoms with E-state index in [1.54, 1.807) is 27.7 Å². The molecule has 5 N–H and O–H groups in total. The van der Waals surface area contributed by atoms with E-state index in [0.29, 0.717) is 31.2 Å². The predicted octanol–water partition coefficient (Wildman–Crippen LogP) is 3.43. The van der Waals surface area contributed by atoms with Gasteiger partial charge >= 0.3 is 13.7 Å². The minimum absolute atomic E-state index is 0.101. The lowest BCUT2D eigenvalue weighted by Gasteiger charge is -2.32. The summed E-state index contributed by atoms with van der Waals surface area (Å²) in [4.78, 5) is 74.5. The summed E-state index contributed by atoms with van der Waals surface area (Å²) in [5.41, 5.74) is 0.297. The van der Waals surface area contributed by atoms with E-state index >= 15 is 0 Å². The first-order valence-corrected chi connectivity index (χ1v) is 16.2. The summed E-state index contributed by atoms with van der Waals surface area (Å²) in [7, 11) is -4.59. The molecule has 0 radical (unpaired) electrons. The van der Waals surface area contributed by atoms with Gasteiger partial charge in [-0.1, -0.05) is 33.1 Å². The maximum atomic E-state index is 13.3. The Morgan fingerprint density at radius 2 is 1.80 bits per heavy atom. The second-order valence-corrected chi connectivity index (χ2v) is 11.9. The number of nitrogens with zero attached hydrogens (tertiary/aromatic N) is 1. The molecule has 0 unspecified atom stereocenters. The lowest BCUT2D eigenvalue weighted by atomic mass is 9.90. The average molecular weight is 639 g/mol. The van der Waals surface area contributed by atoms with Crippen molar-refractivity contribution in [2.24, 2.45) is 5.92 Å². The van der Waals surface area contributed by atoms with Crippen molar-refractivity contribution in [1.29, 1.82) is 0 Å². The highest BCUT2D eigenvalue weighted by Crippen LogP contribution is 2.37. The molecule has 15 heteroatoms. The van der Waals surface area contributed by atoms with Crippen LogP contribution in [0.3, 0.4) is 0 Å². The molecule has 1 heterocycles. The van der Waals surface area contributed by atoms with Gasteiger partial charge in [0.15, 0.2) is 5.76 Å². The first-order valence-electron chi connectivity index (χ1n) is 14.6. The molecule has 44 heavy (non-hydrogen) atoms. The van der Waals surface area contributed by atoms with Crippen LogP contribution < -0.4 is 26.0 Å². The number of hydrogen-bond donors (Lipinski definition) is 5. The van der Waals surface area contributed by atoms with E-state index in [-0.39, 0.29) is 41.9 Å². The van der Waals surface area contributed by atoms with Gasteiger partial charge in [0.1, 0.15) is 11.5 Å². The van der Waals surface area contributed by atoms with E-state index in [1.165, 1.54) is 30.3 Å². The van der Waals surface area contributed by atoms with Gasteiger partial charge in [-0.05, 0) is 63.9 Å². The van der Waals surface area contributed by atoms with Crippen molar-refractivity contribution in [3.8, 4) is 17.1 Å². The summed E-state index contributed by atoms with van der Waals surface area (Å²) in [5, 5.41) is 8.34. The highest BCUT2D eigenvalue weighted by Gasteiger charge is 2.33. The number of furan rings is 1. The zero-order valence-corrected chi connectivity index (χ0v) is 26.6. The fourth-order valence-corrected chi connectivity index (χ4v) is 5.07. The second kappa shape index (κ2) is 17.4. The minimum atomic E-state index is -4.59. The van der Waals surface area contributed by atoms with Crippen molar-refractivity contribution in [3.63, 3.8) is 0 Å². The van der Waals surface area contributed by atoms with Crippen molar-refractivity contribution in [2.75, 3.05) is 13.3 Å². The summed E-state index contributed by atoms with van der Waals surface area (Å²) in [6, 6.07) is 5.94. The highest BCUT2D eigenvalue weighted by molar-refractivity contribution is 7.60. The Kier molecular flexibility index (Phi) is 14.4. The summed E-state index contributed by atoms with van der Waals surface area (Å²) in [6.45, 7) is 9.02. The number of carbonyl (C=O) groups is 4. The van der Waals surface area contributed by atoms with Crippen molar-refractivity contribution in [3.05, 3.63) is 36.1 Å². The number of rotatable bonds is 18. The van der Waals surface area contributed by atoms with Gasteiger partial charge in [0, 0.05) is 11.6 Å². The second-order valence-electron chi connectivity index (χ2n) is 10.3. The van der Waals surface area contributed by atoms with Crippen LogP contribution in [0.2, 0.25) is 0 Å². The monoisotopic (exact) mass is 638 g/mol. The van der Waals surface area contributed by atoms with Gasteiger partial charge < -0.3 is 39.7 Å². The highest BCUT2D eigenvalue weighted by atomic mass is 31.2. The normalized spacial score (nSPS) is 12.6. The molecule has 0 fully saturated rings. The van der Waals surface area contributed by atoms with Crippen LogP contribution in [-0.4, -0.2) is 64.5 Å². The smallest absolute Gasteiger partial charge is 0.431 e. The number of hydroxylamine groups is 2. The first-order chi connectivity index (χ1) is 20.8. The van der Waals surface area contributed by atoms with Crippen molar-refractivity contribution in [2.45, 2.75) is 78.8 Å². The molecule has 1 aromatic heterocycles. The maximum absolute atomic E-state index is 13.3. The third-order valence-corrected chi connectivity index (χ3v) is 7.46. The number of hydrogen-bond acceptors (Lipinski definition) is 8. The lowest BCUT2D eigenvalue weighted by molar-refractivity contribution is -0.169. The van der Waals surface area contributed by atoms with Gasteiger partial charge in [-0.15, -0.1) is 0 Å². The third kappa shape index (κ3) is 11.0. The molecule has 2 rings (SSSR count). The van der Waals surface area contributed by atoms with E-state index in [2.05, 4.69) is 16.0 Å². The number of unbranched alkanes of at least 4 members (excludes halogenated alkanes) is 2. The Hall–Kier alpha value is -3.87. The van der Waals surface area contributed by atoms with Crippen LogP contribution in [0.5, 0.6) is 5.75 Å². The molecule has 0 aliphatic rings. The van der Waals surface area contributed by atoms with Gasteiger partial charge in [0.2, 0.25) is 12.3 Å². The van der Waals surface area contributed by atoms with Crippen LogP contribution in [0.25, 0.3) is 11.3 Å². The molecule has 2 atom stereocenters. The predicted molar refractivity (Wildman–Crippen MR) is 162 cm³/mol. The molecule has 0 saturated heterocycles. The molecule has 14 nitrogen and oxygen atoms in total.